The molecule has 1 atom stereocenters. The highest BCUT2D eigenvalue weighted by molar-refractivity contribution is 5.71. The van der Waals surface area contributed by atoms with Crippen LogP contribution >= 0.6 is 0 Å². The first-order valence-electron chi connectivity index (χ1n) is 29.2. The molecular formula is C59H112O6. The van der Waals surface area contributed by atoms with Crippen molar-refractivity contribution in [2.45, 2.75) is 335 Å². The van der Waals surface area contributed by atoms with Crippen LogP contribution in [0.4, 0.5) is 0 Å². The molecule has 1 unspecified atom stereocenters. The summed E-state index contributed by atoms with van der Waals surface area (Å²) in [5.74, 6) is -0.860. The van der Waals surface area contributed by atoms with Gasteiger partial charge in [0.2, 0.25) is 0 Å². The molecule has 0 aliphatic heterocycles. The van der Waals surface area contributed by atoms with E-state index in [1.165, 1.54) is 225 Å². The first kappa shape index (κ1) is 63.1. The van der Waals surface area contributed by atoms with Crippen LogP contribution in [0, 0.1) is 0 Å². The second-order valence-corrected chi connectivity index (χ2v) is 19.9. The van der Waals surface area contributed by atoms with Crippen LogP contribution < -0.4 is 0 Å². The number of hydrogen-bond donors (Lipinski definition) is 0. The molecule has 0 aromatic carbocycles. The lowest BCUT2D eigenvalue weighted by atomic mass is 10.0. The van der Waals surface area contributed by atoms with E-state index in [0.717, 1.165) is 64.2 Å². The van der Waals surface area contributed by atoms with Gasteiger partial charge in [-0.3, -0.25) is 14.4 Å². The van der Waals surface area contributed by atoms with Gasteiger partial charge in [0.15, 0.2) is 6.10 Å². The van der Waals surface area contributed by atoms with Crippen LogP contribution in [-0.4, -0.2) is 37.2 Å². The molecule has 65 heavy (non-hydrogen) atoms. The Balaban J connectivity index is 4.12. The topological polar surface area (TPSA) is 78.9 Å². The highest BCUT2D eigenvalue weighted by Crippen LogP contribution is 2.17. The Labute approximate surface area is 405 Å². The van der Waals surface area contributed by atoms with Crippen LogP contribution in [0.15, 0.2) is 12.2 Å². The Morgan fingerprint density at radius 1 is 0.292 bits per heavy atom. The fourth-order valence-corrected chi connectivity index (χ4v) is 8.85. The number of carbonyl (C=O) groups excluding carboxylic acids is 3. The van der Waals surface area contributed by atoms with Crippen molar-refractivity contribution in [3.05, 3.63) is 12.2 Å². The van der Waals surface area contributed by atoms with Crippen molar-refractivity contribution in [1.29, 1.82) is 0 Å². The van der Waals surface area contributed by atoms with Gasteiger partial charge in [-0.2, -0.15) is 0 Å². The van der Waals surface area contributed by atoms with Crippen molar-refractivity contribution in [2.24, 2.45) is 0 Å². The quantitative estimate of drug-likeness (QED) is 0.0262. The second kappa shape index (κ2) is 54.8. The van der Waals surface area contributed by atoms with E-state index in [1.807, 2.05) is 0 Å². The summed E-state index contributed by atoms with van der Waals surface area (Å²) in [6.45, 7) is 6.65. The van der Waals surface area contributed by atoms with Gasteiger partial charge in [-0.25, -0.2) is 0 Å². The van der Waals surface area contributed by atoms with Crippen molar-refractivity contribution in [3.8, 4) is 0 Å². The lowest BCUT2D eigenvalue weighted by Crippen LogP contribution is -2.30. The van der Waals surface area contributed by atoms with Gasteiger partial charge in [0.05, 0.1) is 0 Å². The molecule has 0 saturated carbocycles. The normalized spacial score (nSPS) is 12.0. The van der Waals surface area contributed by atoms with E-state index in [0.29, 0.717) is 19.3 Å². The number of carbonyl (C=O) groups is 3. The van der Waals surface area contributed by atoms with Gasteiger partial charge >= 0.3 is 17.9 Å². The molecule has 0 aliphatic carbocycles. The minimum absolute atomic E-state index is 0.0681. The third-order valence-corrected chi connectivity index (χ3v) is 13.3. The number of rotatable bonds is 54. The summed E-state index contributed by atoms with van der Waals surface area (Å²) in [6.07, 6.45) is 62.3. The van der Waals surface area contributed by atoms with Crippen LogP contribution in [0.1, 0.15) is 329 Å². The number of unbranched alkanes of at least 4 members (excludes halogenated alkanes) is 41. The summed E-state index contributed by atoms with van der Waals surface area (Å²) >= 11 is 0. The molecule has 0 saturated heterocycles. The van der Waals surface area contributed by atoms with Crippen molar-refractivity contribution in [3.63, 3.8) is 0 Å². The molecule has 0 spiro atoms. The Hall–Kier alpha value is -1.85. The fourth-order valence-electron chi connectivity index (χ4n) is 8.85. The number of esters is 3. The van der Waals surface area contributed by atoms with E-state index in [4.69, 9.17) is 14.2 Å². The Bertz CT molecular complexity index is 1010. The predicted molar refractivity (Wildman–Crippen MR) is 280 cm³/mol. The monoisotopic (exact) mass is 917 g/mol. The summed E-state index contributed by atoms with van der Waals surface area (Å²) < 4.78 is 16.8. The predicted octanol–water partition coefficient (Wildman–Crippen LogP) is 19.3. The van der Waals surface area contributed by atoms with E-state index >= 15 is 0 Å². The Morgan fingerprint density at radius 2 is 0.508 bits per heavy atom. The zero-order valence-electron chi connectivity index (χ0n) is 44.0. The molecule has 0 fully saturated rings. The van der Waals surface area contributed by atoms with Gasteiger partial charge in [0.1, 0.15) is 13.2 Å². The van der Waals surface area contributed by atoms with Gasteiger partial charge in [-0.15, -0.1) is 0 Å². The molecule has 6 nitrogen and oxygen atoms in total. The van der Waals surface area contributed by atoms with E-state index in [1.54, 1.807) is 0 Å². The summed E-state index contributed by atoms with van der Waals surface area (Å²) in [5, 5.41) is 0. The molecule has 0 aromatic heterocycles. The number of hydrogen-bond acceptors (Lipinski definition) is 6. The SMILES string of the molecule is CCCCCCCC/C=C\CCCCCCCC(=O)OC(COC(=O)CCCCCCCCCC)COC(=O)CCCCCCCCCCCCCCCCCCCCCCCCCC. The molecule has 0 heterocycles. The Kier molecular flexibility index (Phi) is 53.2. The molecule has 6 heteroatoms. The van der Waals surface area contributed by atoms with Crippen molar-refractivity contribution >= 4 is 17.9 Å². The average Bonchev–Trinajstić information content (AvgIpc) is 3.30. The number of allylic oxidation sites excluding steroid dienone is 2. The summed E-state index contributed by atoms with van der Waals surface area (Å²) in [4.78, 5) is 38.0. The van der Waals surface area contributed by atoms with Gasteiger partial charge in [0, 0.05) is 19.3 Å². The summed E-state index contributed by atoms with van der Waals surface area (Å²) in [6, 6.07) is 0. The fraction of sp³-hybridized carbons (Fsp3) is 0.915. The summed E-state index contributed by atoms with van der Waals surface area (Å²) in [7, 11) is 0. The lowest BCUT2D eigenvalue weighted by Gasteiger charge is -2.18. The number of ether oxygens (including phenoxy) is 3. The first-order valence-corrected chi connectivity index (χ1v) is 29.2. The van der Waals surface area contributed by atoms with Gasteiger partial charge < -0.3 is 14.2 Å². The highest BCUT2D eigenvalue weighted by Gasteiger charge is 2.19. The summed E-state index contributed by atoms with van der Waals surface area (Å²) in [5.41, 5.74) is 0. The van der Waals surface area contributed by atoms with Crippen LogP contribution in [-0.2, 0) is 28.6 Å². The molecule has 0 radical (unpaired) electrons. The lowest BCUT2D eigenvalue weighted by molar-refractivity contribution is -0.167. The highest BCUT2D eigenvalue weighted by atomic mass is 16.6. The van der Waals surface area contributed by atoms with Crippen LogP contribution in [0.3, 0.4) is 0 Å². The maximum Gasteiger partial charge on any atom is 0.306 e. The van der Waals surface area contributed by atoms with E-state index in [9.17, 15) is 14.4 Å². The van der Waals surface area contributed by atoms with Gasteiger partial charge in [-0.1, -0.05) is 277 Å². The molecule has 0 rings (SSSR count). The maximum atomic E-state index is 12.8. The van der Waals surface area contributed by atoms with Crippen molar-refractivity contribution < 1.29 is 28.6 Å². The van der Waals surface area contributed by atoms with Crippen LogP contribution in [0.5, 0.6) is 0 Å². The molecule has 0 aliphatic rings. The minimum Gasteiger partial charge on any atom is -0.462 e. The van der Waals surface area contributed by atoms with E-state index in [2.05, 4.69) is 32.9 Å². The molecule has 0 aromatic rings. The minimum atomic E-state index is -0.767. The molecule has 384 valence electrons. The van der Waals surface area contributed by atoms with Gasteiger partial charge in [0.25, 0.3) is 0 Å². The van der Waals surface area contributed by atoms with Crippen molar-refractivity contribution in [1.82, 2.24) is 0 Å². The molecule has 0 amide bonds. The third kappa shape index (κ3) is 53.0. The van der Waals surface area contributed by atoms with E-state index < -0.39 is 6.10 Å². The second-order valence-electron chi connectivity index (χ2n) is 19.9. The zero-order valence-corrected chi connectivity index (χ0v) is 44.0. The molecule has 0 bridgehead atoms. The standard InChI is InChI=1S/C59H112O6/c1-4-7-10-13-16-19-21-23-25-26-27-28-29-30-31-32-33-35-36-38-40-43-46-49-52-58(61)64-55-56(54-63-57(60)51-48-45-42-18-15-12-9-6-3)65-59(62)53-50-47-44-41-39-37-34-24-22-20-17-14-11-8-5-2/h24,34,56H,4-23,25-33,35-55H2,1-3H3/b34-24-. The van der Waals surface area contributed by atoms with Crippen molar-refractivity contribution in [2.75, 3.05) is 13.2 Å². The van der Waals surface area contributed by atoms with Crippen LogP contribution in [0.2, 0.25) is 0 Å². The average molecular weight is 918 g/mol. The Morgan fingerprint density at radius 3 is 0.769 bits per heavy atom. The molecular weight excluding hydrogens is 805 g/mol. The van der Waals surface area contributed by atoms with Gasteiger partial charge in [-0.05, 0) is 44.9 Å². The maximum absolute atomic E-state index is 12.8. The zero-order chi connectivity index (χ0) is 47.2. The third-order valence-electron chi connectivity index (χ3n) is 13.3. The largest absolute Gasteiger partial charge is 0.462 e. The smallest absolute Gasteiger partial charge is 0.306 e. The molecule has 0 N–H and O–H groups in total. The van der Waals surface area contributed by atoms with E-state index in [-0.39, 0.29) is 31.1 Å². The van der Waals surface area contributed by atoms with Crippen LogP contribution in [0.25, 0.3) is 0 Å². The first-order chi connectivity index (χ1) is 32.0.